The zero-order chi connectivity index (χ0) is 21.2. The van der Waals surface area contributed by atoms with Crippen LogP contribution in [0.5, 0.6) is 0 Å². The lowest BCUT2D eigenvalue weighted by Gasteiger charge is -2.18. The third kappa shape index (κ3) is 5.01. The highest BCUT2D eigenvalue weighted by atomic mass is 35.5. The van der Waals surface area contributed by atoms with Gasteiger partial charge in [0.25, 0.3) is 5.56 Å². The molecule has 1 atom stereocenters. The van der Waals surface area contributed by atoms with Crippen molar-refractivity contribution in [2.75, 3.05) is 13.1 Å². The van der Waals surface area contributed by atoms with E-state index in [1.165, 1.54) is 16.6 Å². The number of rotatable bonds is 6. The molecule has 1 saturated heterocycles. The number of carbonyl (C=O) groups is 1. The molecule has 1 fully saturated rings. The van der Waals surface area contributed by atoms with Gasteiger partial charge in [-0.3, -0.25) is 9.59 Å². The van der Waals surface area contributed by atoms with Gasteiger partial charge in [-0.1, -0.05) is 29.3 Å². The predicted molar refractivity (Wildman–Crippen MR) is 112 cm³/mol. The summed E-state index contributed by atoms with van der Waals surface area (Å²) in [7, 11) is -3.68. The standard InChI is InChI=1S/C19H21Cl2N3O4S/c1-13(16-6-4-14(20)10-17(16)21)22-18(25)12-23-11-15(5-7-19(23)26)29(27,28)24-8-2-3-9-24/h4-7,10-11,13H,2-3,8-9,12H2,1H3,(H,22,25). The van der Waals surface area contributed by atoms with Crippen LogP contribution >= 0.6 is 23.2 Å². The van der Waals surface area contributed by atoms with Gasteiger partial charge in [0.2, 0.25) is 15.9 Å². The molecule has 156 valence electrons. The first kappa shape index (κ1) is 21.8. The number of nitrogens with zero attached hydrogens (tertiary/aromatic N) is 2. The summed E-state index contributed by atoms with van der Waals surface area (Å²) >= 11 is 12.1. The summed E-state index contributed by atoms with van der Waals surface area (Å²) in [4.78, 5) is 24.6. The second-order valence-electron chi connectivity index (χ2n) is 6.90. The third-order valence-electron chi connectivity index (χ3n) is 4.78. The topological polar surface area (TPSA) is 88.5 Å². The molecule has 10 heteroatoms. The van der Waals surface area contributed by atoms with E-state index in [2.05, 4.69) is 5.32 Å². The molecule has 0 bridgehead atoms. The Morgan fingerprint density at radius 3 is 2.52 bits per heavy atom. The Bertz CT molecular complexity index is 1080. The molecule has 0 aliphatic carbocycles. The lowest BCUT2D eigenvalue weighted by atomic mass is 10.1. The molecule has 1 unspecified atom stereocenters. The van der Waals surface area contributed by atoms with E-state index in [-0.39, 0.29) is 11.4 Å². The average molecular weight is 458 g/mol. The van der Waals surface area contributed by atoms with Gasteiger partial charge in [-0.05, 0) is 43.5 Å². The van der Waals surface area contributed by atoms with Gasteiger partial charge in [-0.2, -0.15) is 4.31 Å². The molecule has 7 nitrogen and oxygen atoms in total. The Morgan fingerprint density at radius 1 is 1.17 bits per heavy atom. The number of amides is 1. The van der Waals surface area contributed by atoms with E-state index in [1.807, 2.05) is 0 Å². The number of carbonyl (C=O) groups excluding carboxylic acids is 1. The molecule has 3 rings (SSSR count). The van der Waals surface area contributed by atoms with Gasteiger partial charge < -0.3 is 9.88 Å². The number of hydrogen-bond acceptors (Lipinski definition) is 4. The van der Waals surface area contributed by atoms with Crippen molar-refractivity contribution in [3.05, 3.63) is 62.5 Å². The van der Waals surface area contributed by atoms with E-state index in [0.717, 1.165) is 23.5 Å². The smallest absolute Gasteiger partial charge is 0.251 e. The zero-order valence-electron chi connectivity index (χ0n) is 15.8. The quantitative estimate of drug-likeness (QED) is 0.721. The lowest BCUT2D eigenvalue weighted by Crippen LogP contribution is -2.34. The number of aromatic nitrogens is 1. The highest BCUT2D eigenvalue weighted by Crippen LogP contribution is 2.26. The van der Waals surface area contributed by atoms with Gasteiger partial charge in [0.15, 0.2) is 0 Å². The zero-order valence-corrected chi connectivity index (χ0v) is 18.1. The van der Waals surface area contributed by atoms with Crippen LogP contribution in [0.25, 0.3) is 0 Å². The van der Waals surface area contributed by atoms with Crippen molar-refractivity contribution in [3.8, 4) is 0 Å². The maximum Gasteiger partial charge on any atom is 0.251 e. The minimum absolute atomic E-state index is 0.000550. The molecule has 0 spiro atoms. The van der Waals surface area contributed by atoms with Crippen LogP contribution in [-0.4, -0.2) is 36.3 Å². The SMILES string of the molecule is CC(NC(=O)Cn1cc(S(=O)(=O)N2CCCC2)ccc1=O)c1ccc(Cl)cc1Cl. The number of nitrogens with one attached hydrogen (secondary N) is 1. The fourth-order valence-corrected chi connectivity index (χ4v) is 5.35. The second kappa shape index (κ2) is 8.87. The van der Waals surface area contributed by atoms with Gasteiger partial charge in [0, 0.05) is 35.4 Å². The Morgan fingerprint density at radius 2 is 1.86 bits per heavy atom. The summed E-state index contributed by atoms with van der Waals surface area (Å²) in [6.45, 7) is 2.37. The van der Waals surface area contributed by atoms with Crippen LogP contribution in [0.2, 0.25) is 10.0 Å². The molecular weight excluding hydrogens is 437 g/mol. The average Bonchev–Trinajstić information content (AvgIpc) is 3.18. The number of halogens is 2. The molecule has 1 aromatic carbocycles. The molecule has 1 aromatic heterocycles. The van der Waals surface area contributed by atoms with Gasteiger partial charge in [-0.25, -0.2) is 8.42 Å². The van der Waals surface area contributed by atoms with Gasteiger partial charge in [0.1, 0.15) is 6.54 Å². The minimum Gasteiger partial charge on any atom is -0.348 e. The summed E-state index contributed by atoms with van der Waals surface area (Å²) < 4.78 is 27.9. The van der Waals surface area contributed by atoms with Crippen molar-refractivity contribution in [3.63, 3.8) is 0 Å². The monoisotopic (exact) mass is 457 g/mol. The van der Waals surface area contributed by atoms with Crippen molar-refractivity contribution in [1.29, 1.82) is 0 Å². The fraction of sp³-hybridized carbons (Fsp3) is 0.368. The molecule has 29 heavy (non-hydrogen) atoms. The second-order valence-corrected chi connectivity index (χ2v) is 9.68. The molecule has 1 aliphatic heterocycles. The summed E-state index contributed by atoms with van der Waals surface area (Å²) in [5.41, 5.74) is 0.222. The van der Waals surface area contributed by atoms with Crippen LogP contribution in [0.1, 0.15) is 31.4 Å². The maximum atomic E-state index is 12.7. The van der Waals surface area contributed by atoms with Crippen LogP contribution in [-0.2, 0) is 21.4 Å². The number of hydrogen-bond donors (Lipinski definition) is 1. The lowest BCUT2D eigenvalue weighted by molar-refractivity contribution is -0.122. The summed E-state index contributed by atoms with van der Waals surface area (Å²) in [5, 5.41) is 3.66. The van der Waals surface area contributed by atoms with Crippen LogP contribution in [0.4, 0.5) is 0 Å². The Balaban J connectivity index is 1.75. The van der Waals surface area contributed by atoms with Gasteiger partial charge in [0.05, 0.1) is 10.9 Å². The normalized spacial score (nSPS) is 16.0. The highest BCUT2D eigenvalue weighted by Gasteiger charge is 2.27. The van der Waals surface area contributed by atoms with Crippen LogP contribution in [0.3, 0.4) is 0 Å². The summed E-state index contributed by atoms with van der Waals surface area (Å²) in [6, 6.07) is 6.99. The van der Waals surface area contributed by atoms with E-state index in [9.17, 15) is 18.0 Å². The first-order valence-electron chi connectivity index (χ1n) is 9.13. The van der Waals surface area contributed by atoms with Crippen LogP contribution in [0.15, 0.2) is 46.2 Å². The molecule has 2 heterocycles. The fourth-order valence-electron chi connectivity index (χ4n) is 3.24. The van der Waals surface area contributed by atoms with E-state index in [0.29, 0.717) is 28.7 Å². The number of pyridine rings is 1. The van der Waals surface area contributed by atoms with E-state index in [1.54, 1.807) is 25.1 Å². The Hall–Kier alpha value is -1.87. The summed E-state index contributed by atoms with van der Waals surface area (Å²) in [6.07, 6.45) is 2.84. The third-order valence-corrected chi connectivity index (χ3v) is 7.22. The first-order chi connectivity index (χ1) is 13.7. The largest absolute Gasteiger partial charge is 0.348 e. The predicted octanol–water partition coefficient (Wildman–Crippen LogP) is 2.82. The minimum atomic E-state index is -3.68. The molecule has 0 radical (unpaired) electrons. The number of sulfonamides is 1. The molecular formula is C19H21Cl2N3O4S. The molecule has 1 amide bonds. The molecule has 1 N–H and O–H groups in total. The maximum absolute atomic E-state index is 12.7. The van der Waals surface area contributed by atoms with E-state index in [4.69, 9.17) is 23.2 Å². The van der Waals surface area contributed by atoms with Crippen molar-refractivity contribution in [1.82, 2.24) is 14.2 Å². The Labute approximate surface area is 179 Å². The van der Waals surface area contributed by atoms with Crippen LogP contribution < -0.4 is 10.9 Å². The van der Waals surface area contributed by atoms with E-state index >= 15 is 0 Å². The van der Waals surface area contributed by atoms with Crippen LogP contribution in [0, 0.1) is 0 Å². The van der Waals surface area contributed by atoms with Crippen molar-refractivity contribution in [2.45, 2.75) is 37.2 Å². The van der Waals surface area contributed by atoms with Crippen molar-refractivity contribution >= 4 is 39.1 Å². The molecule has 2 aromatic rings. The van der Waals surface area contributed by atoms with Gasteiger partial charge in [-0.15, -0.1) is 0 Å². The van der Waals surface area contributed by atoms with Gasteiger partial charge >= 0.3 is 0 Å². The van der Waals surface area contributed by atoms with Crippen molar-refractivity contribution < 1.29 is 13.2 Å². The van der Waals surface area contributed by atoms with Crippen molar-refractivity contribution in [2.24, 2.45) is 0 Å². The van der Waals surface area contributed by atoms with E-state index < -0.39 is 27.5 Å². The molecule has 0 saturated carbocycles. The molecule has 1 aliphatic rings. The summed E-state index contributed by atoms with van der Waals surface area (Å²) in [5.74, 6) is -0.443. The Kier molecular flexibility index (Phi) is 6.68. The highest BCUT2D eigenvalue weighted by molar-refractivity contribution is 7.89. The first-order valence-corrected chi connectivity index (χ1v) is 11.3. The number of benzene rings is 1.